The van der Waals surface area contributed by atoms with Gasteiger partial charge in [0, 0.05) is 0 Å². The zero-order valence-electron chi connectivity index (χ0n) is 16.9. The minimum absolute atomic E-state index is 0.195. The van der Waals surface area contributed by atoms with Gasteiger partial charge in [0.2, 0.25) is 5.82 Å². The minimum atomic E-state index is -1.04. The highest BCUT2D eigenvalue weighted by Gasteiger charge is 2.28. The zero-order chi connectivity index (χ0) is 19.6. The van der Waals surface area contributed by atoms with Gasteiger partial charge in [-0.2, -0.15) is 4.39 Å². The number of unbranched alkanes of at least 4 members (excludes halogenated alkanes) is 4. The Balaban J connectivity index is 1.86. The van der Waals surface area contributed by atoms with Crippen LogP contribution in [-0.4, -0.2) is 5.97 Å². The van der Waals surface area contributed by atoms with E-state index in [1.165, 1.54) is 31.7 Å². The Morgan fingerprint density at radius 2 is 1.63 bits per heavy atom. The number of halogens is 2. The number of benzene rings is 1. The largest absolute Gasteiger partial charge is 0.423 e. The molecule has 2 rings (SSSR count). The van der Waals surface area contributed by atoms with Crippen LogP contribution in [0.1, 0.15) is 90.0 Å². The lowest BCUT2D eigenvalue weighted by Crippen LogP contribution is -2.26. The van der Waals surface area contributed by atoms with E-state index in [1.807, 2.05) is 0 Å². The number of hydrogen-bond donors (Lipinski definition) is 0. The number of rotatable bonds is 10. The first kappa shape index (κ1) is 21.8. The molecule has 0 atom stereocenters. The van der Waals surface area contributed by atoms with Gasteiger partial charge in [-0.3, -0.25) is 4.79 Å². The maximum Gasteiger partial charge on any atom is 0.314 e. The molecule has 0 bridgehead atoms. The van der Waals surface area contributed by atoms with Crippen molar-refractivity contribution in [1.82, 2.24) is 0 Å². The van der Waals surface area contributed by atoms with Gasteiger partial charge in [-0.1, -0.05) is 58.4 Å². The summed E-state index contributed by atoms with van der Waals surface area (Å²) in [5.74, 6) is -2.11. The van der Waals surface area contributed by atoms with E-state index in [4.69, 9.17) is 4.74 Å². The Hall–Kier alpha value is -1.45. The second-order valence-corrected chi connectivity index (χ2v) is 7.94. The van der Waals surface area contributed by atoms with Gasteiger partial charge in [0.15, 0.2) is 11.6 Å². The molecule has 0 aromatic heterocycles. The van der Waals surface area contributed by atoms with Crippen LogP contribution in [0.2, 0.25) is 0 Å². The van der Waals surface area contributed by atoms with Crippen LogP contribution in [0.4, 0.5) is 8.78 Å². The fraction of sp³-hybridized carbons (Fsp3) is 0.696. The van der Waals surface area contributed by atoms with Gasteiger partial charge in [0.25, 0.3) is 0 Å². The first-order valence-corrected chi connectivity index (χ1v) is 10.7. The lowest BCUT2D eigenvalue weighted by molar-refractivity contribution is -0.140. The van der Waals surface area contributed by atoms with Crippen LogP contribution in [0.3, 0.4) is 0 Å². The van der Waals surface area contributed by atoms with Crippen molar-refractivity contribution in [3.05, 3.63) is 29.3 Å². The standard InChI is InChI=1S/C23H34F2O2/c1-3-5-7-9-17-11-13-19(14-12-17)23(26)27-20-16-15-18(10-8-6-4-2)21(24)22(20)25/h15-17,19H,3-14H2,1-2H3. The highest BCUT2D eigenvalue weighted by molar-refractivity contribution is 5.75. The fourth-order valence-corrected chi connectivity index (χ4v) is 3.97. The van der Waals surface area contributed by atoms with Crippen LogP contribution >= 0.6 is 0 Å². The van der Waals surface area contributed by atoms with Crippen LogP contribution in [-0.2, 0) is 11.2 Å². The predicted octanol–water partition coefficient (Wildman–Crippen LogP) is 6.99. The van der Waals surface area contributed by atoms with Crippen LogP contribution < -0.4 is 4.74 Å². The molecule has 1 fully saturated rings. The normalized spacial score (nSPS) is 19.9. The van der Waals surface area contributed by atoms with E-state index in [1.54, 1.807) is 6.07 Å². The molecule has 1 aliphatic rings. The van der Waals surface area contributed by atoms with Crippen LogP contribution in [0.5, 0.6) is 5.75 Å². The SMILES string of the molecule is CCCCCc1ccc(OC(=O)C2CCC(CCCCC)CC2)c(F)c1F. The molecule has 0 spiro atoms. The van der Waals surface area contributed by atoms with Crippen molar-refractivity contribution in [1.29, 1.82) is 0 Å². The average Bonchev–Trinajstić information content (AvgIpc) is 2.68. The van der Waals surface area contributed by atoms with Crippen LogP contribution in [0.25, 0.3) is 0 Å². The highest BCUT2D eigenvalue weighted by atomic mass is 19.2. The van der Waals surface area contributed by atoms with Crippen molar-refractivity contribution < 1.29 is 18.3 Å². The molecule has 1 aliphatic carbocycles. The summed E-state index contributed by atoms with van der Waals surface area (Å²) in [6.45, 7) is 4.27. The Labute approximate surface area is 162 Å². The van der Waals surface area contributed by atoms with Crippen molar-refractivity contribution >= 4 is 5.97 Å². The topological polar surface area (TPSA) is 26.3 Å². The second-order valence-electron chi connectivity index (χ2n) is 7.94. The lowest BCUT2D eigenvalue weighted by Gasteiger charge is -2.27. The van der Waals surface area contributed by atoms with Crippen LogP contribution in [0.15, 0.2) is 12.1 Å². The minimum Gasteiger partial charge on any atom is -0.423 e. The molecule has 0 amide bonds. The number of carbonyl (C=O) groups excluding carboxylic acids is 1. The van der Waals surface area contributed by atoms with Gasteiger partial charge in [-0.15, -0.1) is 0 Å². The Morgan fingerprint density at radius 3 is 2.30 bits per heavy atom. The molecule has 0 saturated heterocycles. The van der Waals surface area contributed by atoms with E-state index in [9.17, 15) is 13.6 Å². The van der Waals surface area contributed by atoms with Gasteiger partial charge < -0.3 is 4.74 Å². The number of carbonyl (C=O) groups is 1. The third-order valence-electron chi connectivity index (χ3n) is 5.78. The summed E-state index contributed by atoms with van der Waals surface area (Å²) in [4.78, 5) is 12.4. The van der Waals surface area contributed by atoms with E-state index in [-0.39, 0.29) is 11.7 Å². The van der Waals surface area contributed by atoms with E-state index in [2.05, 4.69) is 13.8 Å². The molecule has 4 heteroatoms. The molecule has 0 N–H and O–H groups in total. The summed E-state index contributed by atoms with van der Waals surface area (Å²) in [5.41, 5.74) is 0.355. The third kappa shape index (κ3) is 6.58. The molecule has 0 unspecified atom stereocenters. The molecular weight excluding hydrogens is 346 g/mol. The molecule has 1 saturated carbocycles. The van der Waals surface area contributed by atoms with Crippen LogP contribution in [0, 0.1) is 23.5 Å². The van der Waals surface area contributed by atoms with Gasteiger partial charge in [-0.05, 0) is 56.1 Å². The van der Waals surface area contributed by atoms with E-state index in [0.29, 0.717) is 17.9 Å². The Kier molecular flexibility index (Phi) is 9.23. The molecule has 152 valence electrons. The van der Waals surface area contributed by atoms with E-state index < -0.39 is 17.6 Å². The monoisotopic (exact) mass is 380 g/mol. The summed E-state index contributed by atoms with van der Waals surface area (Å²) in [6.07, 6.45) is 11.9. The number of ether oxygens (including phenoxy) is 1. The zero-order valence-corrected chi connectivity index (χ0v) is 16.9. The highest BCUT2D eigenvalue weighted by Crippen LogP contribution is 2.33. The molecule has 1 aromatic rings. The van der Waals surface area contributed by atoms with E-state index in [0.717, 1.165) is 44.9 Å². The molecule has 27 heavy (non-hydrogen) atoms. The van der Waals surface area contributed by atoms with Gasteiger partial charge in [0.05, 0.1) is 5.92 Å². The van der Waals surface area contributed by atoms with E-state index >= 15 is 0 Å². The first-order valence-electron chi connectivity index (χ1n) is 10.7. The van der Waals surface area contributed by atoms with Crippen molar-refractivity contribution in [2.45, 2.75) is 90.9 Å². The summed E-state index contributed by atoms with van der Waals surface area (Å²) in [7, 11) is 0. The molecular formula is C23H34F2O2. The maximum absolute atomic E-state index is 14.3. The van der Waals surface area contributed by atoms with Gasteiger partial charge in [-0.25, -0.2) is 4.39 Å². The van der Waals surface area contributed by atoms with Gasteiger partial charge >= 0.3 is 5.97 Å². The van der Waals surface area contributed by atoms with Crippen molar-refractivity contribution in [2.24, 2.45) is 11.8 Å². The molecule has 1 aromatic carbocycles. The van der Waals surface area contributed by atoms with Gasteiger partial charge in [0.1, 0.15) is 0 Å². The average molecular weight is 381 g/mol. The third-order valence-corrected chi connectivity index (χ3v) is 5.78. The number of hydrogen-bond acceptors (Lipinski definition) is 2. The summed E-state index contributed by atoms with van der Waals surface area (Å²) < 4.78 is 33.7. The smallest absolute Gasteiger partial charge is 0.314 e. The first-order chi connectivity index (χ1) is 13.1. The summed E-state index contributed by atoms with van der Waals surface area (Å²) >= 11 is 0. The Morgan fingerprint density at radius 1 is 0.963 bits per heavy atom. The molecule has 0 radical (unpaired) electrons. The Bertz CT molecular complexity index is 592. The second kappa shape index (κ2) is 11.4. The lowest BCUT2D eigenvalue weighted by atomic mass is 9.80. The predicted molar refractivity (Wildman–Crippen MR) is 105 cm³/mol. The van der Waals surface area contributed by atoms with Crippen molar-refractivity contribution in [2.75, 3.05) is 0 Å². The molecule has 0 heterocycles. The molecule has 2 nitrogen and oxygen atoms in total. The maximum atomic E-state index is 14.3. The quantitative estimate of drug-likeness (QED) is 0.248. The number of esters is 1. The molecule has 0 aliphatic heterocycles. The summed E-state index contributed by atoms with van der Waals surface area (Å²) in [6, 6.07) is 2.94. The van der Waals surface area contributed by atoms with Crippen molar-refractivity contribution in [3.63, 3.8) is 0 Å². The van der Waals surface area contributed by atoms with Crippen molar-refractivity contribution in [3.8, 4) is 5.75 Å². The number of aryl methyl sites for hydroxylation is 1. The summed E-state index contributed by atoms with van der Waals surface area (Å²) in [5, 5.41) is 0. The fourth-order valence-electron chi connectivity index (χ4n) is 3.97.